The number of benzene rings is 1. The van der Waals surface area contributed by atoms with E-state index in [0.29, 0.717) is 0 Å². The molecule has 20 heavy (non-hydrogen) atoms. The lowest BCUT2D eigenvalue weighted by molar-refractivity contribution is 0.477. The van der Waals surface area contributed by atoms with Gasteiger partial charge in [-0.15, -0.1) is 11.3 Å². The van der Waals surface area contributed by atoms with Crippen LogP contribution in [-0.2, 0) is 19.3 Å². The van der Waals surface area contributed by atoms with E-state index in [0.717, 1.165) is 5.92 Å². The van der Waals surface area contributed by atoms with E-state index in [1.807, 2.05) is 11.3 Å². The number of rotatable bonds is 2. The van der Waals surface area contributed by atoms with Crippen LogP contribution in [-0.4, -0.2) is 13.1 Å². The van der Waals surface area contributed by atoms with Crippen molar-refractivity contribution in [1.82, 2.24) is 0 Å². The molecule has 3 heterocycles. The number of thiophene rings is 1. The minimum absolute atomic E-state index is 0.786. The first-order valence-corrected chi connectivity index (χ1v) is 8.52. The Balaban J connectivity index is 1.61. The van der Waals surface area contributed by atoms with E-state index in [9.17, 15) is 0 Å². The summed E-state index contributed by atoms with van der Waals surface area (Å²) in [6, 6.07) is 11.5. The molecule has 0 radical (unpaired) electrons. The first kappa shape index (κ1) is 12.5. The molecule has 2 aliphatic heterocycles. The van der Waals surface area contributed by atoms with Gasteiger partial charge in [-0.2, -0.15) is 0 Å². The van der Waals surface area contributed by atoms with E-state index in [-0.39, 0.29) is 0 Å². The number of hydrogen-bond acceptors (Lipinski definition) is 2. The zero-order valence-corrected chi connectivity index (χ0v) is 12.9. The quantitative estimate of drug-likeness (QED) is 0.797. The molecule has 2 aliphatic rings. The summed E-state index contributed by atoms with van der Waals surface area (Å²) in [4.78, 5) is 5.66. The van der Waals surface area contributed by atoms with Gasteiger partial charge in [-0.1, -0.05) is 18.2 Å². The lowest BCUT2D eigenvalue weighted by atomic mass is 9.85. The summed E-state index contributed by atoms with van der Waals surface area (Å²) < 4.78 is 0. The van der Waals surface area contributed by atoms with Gasteiger partial charge in [0.15, 0.2) is 0 Å². The summed E-state index contributed by atoms with van der Waals surface area (Å²) in [6.07, 6.45) is 5.10. The molecule has 2 aromatic rings. The van der Waals surface area contributed by atoms with Crippen molar-refractivity contribution < 1.29 is 0 Å². The Hall–Kier alpha value is -1.28. The molecule has 0 bridgehead atoms. The molecule has 104 valence electrons. The molecular formula is C18H21NS. The fourth-order valence-corrected chi connectivity index (χ4v) is 4.88. The highest BCUT2D eigenvalue weighted by molar-refractivity contribution is 7.11. The standard InChI is InChI=1S/C18H21NS/c1-13-7-8-17(20-13)11-14-10-16-5-2-4-15-6-3-9-19(12-14)18(15)16/h2,4-5,7-8,14H,3,6,9-12H2,1H3. The lowest BCUT2D eigenvalue weighted by Gasteiger charge is -2.40. The molecule has 1 aromatic carbocycles. The molecule has 0 saturated carbocycles. The second kappa shape index (κ2) is 4.92. The van der Waals surface area contributed by atoms with Gasteiger partial charge in [0, 0.05) is 28.5 Å². The summed E-state index contributed by atoms with van der Waals surface area (Å²) in [5.74, 6) is 0.786. The Bertz CT molecular complexity index is 628. The van der Waals surface area contributed by atoms with Crippen LogP contribution in [0.2, 0.25) is 0 Å². The topological polar surface area (TPSA) is 3.24 Å². The predicted molar refractivity (Wildman–Crippen MR) is 86.9 cm³/mol. The van der Waals surface area contributed by atoms with Gasteiger partial charge < -0.3 is 4.90 Å². The van der Waals surface area contributed by atoms with Crippen molar-refractivity contribution in [3.05, 3.63) is 51.2 Å². The summed E-state index contributed by atoms with van der Waals surface area (Å²) in [6.45, 7) is 4.71. The monoisotopic (exact) mass is 283 g/mol. The average molecular weight is 283 g/mol. The third-order valence-electron chi connectivity index (χ3n) is 4.67. The van der Waals surface area contributed by atoms with E-state index >= 15 is 0 Å². The van der Waals surface area contributed by atoms with Crippen molar-refractivity contribution in [2.45, 2.75) is 32.6 Å². The SMILES string of the molecule is Cc1ccc(CC2Cc3cccc4c3N(CCC4)C2)s1. The number of nitrogens with zero attached hydrogens (tertiary/aromatic N) is 1. The normalized spacial score (nSPS) is 20.9. The van der Waals surface area contributed by atoms with E-state index in [2.05, 4.69) is 42.2 Å². The zero-order chi connectivity index (χ0) is 13.5. The summed E-state index contributed by atoms with van der Waals surface area (Å²) in [7, 11) is 0. The second-order valence-corrected chi connectivity index (χ2v) is 7.63. The van der Waals surface area contributed by atoms with Crippen molar-refractivity contribution in [2.75, 3.05) is 18.0 Å². The molecule has 0 spiro atoms. The van der Waals surface area contributed by atoms with Gasteiger partial charge in [0.2, 0.25) is 0 Å². The van der Waals surface area contributed by atoms with Gasteiger partial charge in [0.25, 0.3) is 0 Å². The second-order valence-electron chi connectivity index (χ2n) is 6.26. The highest BCUT2D eigenvalue weighted by Gasteiger charge is 2.28. The largest absolute Gasteiger partial charge is 0.371 e. The zero-order valence-electron chi connectivity index (χ0n) is 12.1. The predicted octanol–water partition coefficient (Wildman–Crippen LogP) is 4.22. The summed E-state index contributed by atoms with van der Waals surface area (Å²) >= 11 is 1.97. The van der Waals surface area contributed by atoms with Gasteiger partial charge in [-0.3, -0.25) is 0 Å². The van der Waals surface area contributed by atoms with E-state index in [4.69, 9.17) is 0 Å². The maximum absolute atomic E-state index is 2.66. The first-order chi connectivity index (χ1) is 9.79. The van der Waals surface area contributed by atoms with Crippen LogP contribution < -0.4 is 4.90 Å². The Labute approximate surface area is 125 Å². The Morgan fingerprint density at radius 3 is 2.95 bits per heavy atom. The molecule has 4 rings (SSSR count). The van der Waals surface area contributed by atoms with Crippen LogP contribution in [0.3, 0.4) is 0 Å². The molecule has 0 N–H and O–H groups in total. The number of hydrogen-bond donors (Lipinski definition) is 0. The average Bonchev–Trinajstić information content (AvgIpc) is 2.85. The van der Waals surface area contributed by atoms with E-state index in [1.54, 1.807) is 21.7 Å². The number of para-hydroxylation sites is 1. The Kier molecular flexibility index (Phi) is 3.07. The minimum atomic E-state index is 0.786. The van der Waals surface area contributed by atoms with Crippen LogP contribution in [0.15, 0.2) is 30.3 Å². The summed E-state index contributed by atoms with van der Waals surface area (Å²) in [5.41, 5.74) is 4.75. The van der Waals surface area contributed by atoms with Gasteiger partial charge >= 0.3 is 0 Å². The van der Waals surface area contributed by atoms with E-state index < -0.39 is 0 Å². The molecular weight excluding hydrogens is 262 g/mol. The third-order valence-corrected chi connectivity index (χ3v) is 5.69. The molecule has 1 nitrogen and oxygen atoms in total. The van der Waals surface area contributed by atoms with Gasteiger partial charge in [0.05, 0.1) is 0 Å². The highest BCUT2D eigenvalue weighted by atomic mass is 32.1. The smallest absolute Gasteiger partial charge is 0.0431 e. The first-order valence-electron chi connectivity index (χ1n) is 7.70. The van der Waals surface area contributed by atoms with Crippen molar-refractivity contribution in [2.24, 2.45) is 5.92 Å². The molecule has 1 atom stereocenters. The van der Waals surface area contributed by atoms with E-state index in [1.165, 1.54) is 43.6 Å². The maximum Gasteiger partial charge on any atom is 0.0431 e. The Morgan fingerprint density at radius 1 is 1.20 bits per heavy atom. The van der Waals surface area contributed by atoms with Crippen LogP contribution in [0.5, 0.6) is 0 Å². The number of aryl methyl sites for hydroxylation is 2. The van der Waals surface area contributed by atoms with Crippen LogP contribution >= 0.6 is 11.3 Å². The molecule has 2 heteroatoms. The van der Waals surface area contributed by atoms with Crippen molar-refractivity contribution >= 4 is 17.0 Å². The molecule has 0 saturated heterocycles. The number of anilines is 1. The lowest BCUT2D eigenvalue weighted by Crippen LogP contribution is -2.39. The van der Waals surface area contributed by atoms with Crippen molar-refractivity contribution in [3.63, 3.8) is 0 Å². The molecule has 0 aliphatic carbocycles. The van der Waals surface area contributed by atoms with Gasteiger partial charge in [0.1, 0.15) is 0 Å². The Morgan fingerprint density at radius 2 is 2.10 bits per heavy atom. The van der Waals surface area contributed by atoms with Crippen LogP contribution in [0.25, 0.3) is 0 Å². The fraction of sp³-hybridized carbons (Fsp3) is 0.444. The molecule has 1 aromatic heterocycles. The van der Waals surface area contributed by atoms with Crippen LogP contribution in [0.1, 0.15) is 27.3 Å². The highest BCUT2D eigenvalue weighted by Crippen LogP contribution is 2.37. The fourth-order valence-electron chi connectivity index (χ4n) is 3.88. The maximum atomic E-state index is 2.66. The molecule has 1 unspecified atom stereocenters. The van der Waals surface area contributed by atoms with Gasteiger partial charge in [-0.25, -0.2) is 0 Å². The molecule has 0 fully saturated rings. The van der Waals surface area contributed by atoms with Crippen LogP contribution in [0, 0.1) is 12.8 Å². The van der Waals surface area contributed by atoms with Crippen molar-refractivity contribution in [1.29, 1.82) is 0 Å². The molecule has 0 amide bonds. The van der Waals surface area contributed by atoms with Crippen LogP contribution in [0.4, 0.5) is 5.69 Å². The minimum Gasteiger partial charge on any atom is -0.371 e. The third kappa shape index (κ3) is 2.16. The summed E-state index contributed by atoms with van der Waals surface area (Å²) in [5, 5.41) is 0. The van der Waals surface area contributed by atoms with Crippen molar-refractivity contribution in [3.8, 4) is 0 Å². The van der Waals surface area contributed by atoms with Gasteiger partial charge in [-0.05, 0) is 61.8 Å².